The molecule has 0 saturated carbocycles. The number of para-hydroxylation sites is 1. The fraction of sp³-hybridized carbons (Fsp3) is 0.278. The Hall–Kier alpha value is -2.40. The highest BCUT2D eigenvalue weighted by molar-refractivity contribution is 6.34. The Balaban J connectivity index is 2.10. The summed E-state index contributed by atoms with van der Waals surface area (Å²) in [6, 6.07) is 8.99. The van der Waals surface area contributed by atoms with E-state index in [-0.39, 0.29) is 12.5 Å². The van der Waals surface area contributed by atoms with Crippen molar-refractivity contribution in [2.75, 3.05) is 26.1 Å². The number of carbonyl (C=O) groups is 1. The summed E-state index contributed by atoms with van der Waals surface area (Å²) >= 11 is 6.20. The van der Waals surface area contributed by atoms with Crippen molar-refractivity contribution in [3.63, 3.8) is 0 Å². The van der Waals surface area contributed by atoms with Gasteiger partial charge in [0.05, 0.1) is 24.9 Å². The van der Waals surface area contributed by atoms with Crippen molar-refractivity contribution < 1.29 is 19.0 Å². The molecule has 0 atom stereocenters. The maximum absolute atomic E-state index is 12.2. The van der Waals surface area contributed by atoms with Gasteiger partial charge in [0.15, 0.2) is 18.1 Å². The fourth-order valence-corrected chi connectivity index (χ4v) is 2.72. The fourth-order valence-electron chi connectivity index (χ4n) is 2.35. The molecule has 5 nitrogen and oxygen atoms in total. The second-order valence-electron chi connectivity index (χ2n) is 5.27. The Morgan fingerprint density at radius 2 is 1.75 bits per heavy atom. The van der Waals surface area contributed by atoms with Crippen LogP contribution in [0.1, 0.15) is 11.1 Å². The Morgan fingerprint density at radius 1 is 1.12 bits per heavy atom. The first-order chi connectivity index (χ1) is 11.5. The van der Waals surface area contributed by atoms with E-state index in [1.165, 1.54) is 14.2 Å². The number of amides is 1. The van der Waals surface area contributed by atoms with Gasteiger partial charge in [0, 0.05) is 0 Å². The number of aryl methyl sites for hydroxylation is 2. The molecule has 0 bridgehead atoms. The molecule has 2 aromatic rings. The van der Waals surface area contributed by atoms with Gasteiger partial charge in [-0.25, -0.2) is 0 Å². The number of halogens is 1. The normalized spacial score (nSPS) is 10.2. The number of rotatable bonds is 6. The van der Waals surface area contributed by atoms with Gasteiger partial charge < -0.3 is 19.5 Å². The lowest BCUT2D eigenvalue weighted by molar-refractivity contribution is -0.118. The molecule has 0 fully saturated rings. The van der Waals surface area contributed by atoms with E-state index in [1.807, 2.05) is 19.9 Å². The second kappa shape index (κ2) is 7.93. The minimum Gasteiger partial charge on any atom is -0.493 e. The van der Waals surface area contributed by atoms with Crippen molar-refractivity contribution in [2.24, 2.45) is 0 Å². The van der Waals surface area contributed by atoms with E-state index in [9.17, 15) is 4.79 Å². The summed E-state index contributed by atoms with van der Waals surface area (Å²) in [5, 5.41) is 3.27. The van der Waals surface area contributed by atoms with Crippen molar-refractivity contribution in [3.8, 4) is 17.2 Å². The summed E-state index contributed by atoms with van der Waals surface area (Å²) in [7, 11) is 3.05. The molecule has 0 aromatic heterocycles. The van der Waals surface area contributed by atoms with Crippen LogP contribution in [0.25, 0.3) is 0 Å². The lowest BCUT2D eigenvalue weighted by Crippen LogP contribution is -2.21. The monoisotopic (exact) mass is 349 g/mol. The molecular weight excluding hydrogens is 330 g/mol. The minimum atomic E-state index is -0.322. The lowest BCUT2D eigenvalue weighted by atomic mass is 10.1. The smallest absolute Gasteiger partial charge is 0.262 e. The van der Waals surface area contributed by atoms with Crippen molar-refractivity contribution in [1.29, 1.82) is 0 Å². The third-order valence-electron chi connectivity index (χ3n) is 3.43. The van der Waals surface area contributed by atoms with Gasteiger partial charge in [-0.1, -0.05) is 23.7 Å². The molecule has 2 aromatic carbocycles. The van der Waals surface area contributed by atoms with Crippen molar-refractivity contribution in [3.05, 3.63) is 46.5 Å². The van der Waals surface area contributed by atoms with Gasteiger partial charge in [-0.05, 0) is 43.2 Å². The number of anilines is 1. The molecule has 0 spiro atoms. The number of benzene rings is 2. The number of methoxy groups -OCH3 is 2. The molecule has 1 amide bonds. The Kier molecular flexibility index (Phi) is 5.93. The molecule has 1 N–H and O–H groups in total. The lowest BCUT2D eigenvalue weighted by Gasteiger charge is -2.15. The quantitative estimate of drug-likeness (QED) is 0.856. The summed E-state index contributed by atoms with van der Waals surface area (Å²) in [6.45, 7) is 3.64. The number of ether oxygens (including phenoxy) is 3. The van der Waals surface area contributed by atoms with E-state index >= 15 is 0 Å². The molecular formula is C18H20ClNO4. The van der Waals surface area contributed by atoms with E-state index in [4.69, 9.17) is 25.8 Å². The van der Waals surface area contributed by atoms with Crippen LogP contribution in [-0.4, -0.2) is 26.7 Å². The van der Waals surface area contributed by atoms with Crippen molar-refractivity contribution >= 4 is 23.2 Å². The highest BCUT2D eigenvalue weighted by Gasteiger charge is 2.15. The van der Waals surface area contributed by atoms with Gasteiger partial charge in [-0.15, -0.1) is 0 Å². The minimum absolute atomic E-state index is 0.194. The average molecular weight is 350 g/mol. The number of nitrogens with one attached hydrogen (secondary N) is 1. The molecule has 0 radical (unpaired) electrons. The number of hydrogen-bond acceptors (Lipinski definition) is 4. The zero-order valence-corrected chi connectivity index (χ0v) is 14.9. The highest BCUT2D eigenvalue weighted by atomic mass is 35.5. The summed E-state index contributed by atoms with van der Waals surface area (Å²) < 4.78 is 16.0. The van der Waals surface area contributed by atoms with Gasteiger partial charge in [-0.3, -0.25) is 4.79 Å². The van der Waals surface area contributed by atoms with Crippen molar-refractivity contribution in [1.82, 2.24) is 0 Å². The highest BCUT2D eigenvalue weighted by Crippen LogP contribution is 2.36. The summed E-state index contributed by atoms with van der Waals surface area (Å²) in [4.78, 5) is 12.2. The van der Waals surface area contributed by atoms with Crippen LogP contribution in [0.5, 0.6) is 17.2 Å². The molecule has 6 heteroatoms. The summed E-state index contributed by atoms with van der Waals surface area (Å²) in [6.07, 6.45) is 0. The van der Waals surface area contributed by atoms with Crippen molar-refractivity contribution in [2.45, 2.75) is 13.8 Å². The molecule has 0 aliphatic heterocycles. The molecule has 0 heterocycles. The van der Waals surface area contributed by atoms with E-state index in [0.717, 1.165) is 11.1 Å². The van der Waals surface area contributed by atoms with Crippen LogP contribution in [0.15, 0.2) is 30.3 Å². The predicted molar refractivity (Wildman–Crippen MR) is 94.6 cm³/mol. The first kappa shape index (κ1) is 17.9. The molecule has 24 heavy (non-hydrogen) atoms. The zero-order valence-electron chi connectivity index (χ0n) is 14.1. The first-order valence-corrected chi connectivity index (χ1v) is 7.74. The number of hydrogen-bond donors (Lipinski definition) is 1. The summed E-state index contributed by atoms with van der Waals surface area (Å²) in [5.41, 5.74) is 2.51. The first-order valence-electron chi connectivity index (χ1n) is 7.36. The topological polar surface area (TPSA) is 56.8 Å². The van der Waals surface area contributed by atoms with Gasteiger partial charge >= 0.3 is 0 Å². The summed E-state index contributed by atoms with van der Waals surface area (Å²) in [5.74, 6) is 1.04. The van der Waals surface area contributed by atoms with Crippen LogP contribution in [-0.2, 0) is 4.79 Å². The van der Waals surface area contributed by atoms with Crippen LogP contribution in [0.2, 0.25) is 5.02 Å². The zero-order chi connectivity index (χ0) is 17.7. The Morgan fingerprint density at radius 3 is 2.29 bits per heavy atom. The number of carbonyl (C=O) groups excluding carboxylic acids is 1. The van der Waals surface area contributed by atoms with Crippen LogP contribution in [0.4, 0.5) is 5.69 Å². The van der Waals surface area contributed by atoms with Gasteiger partial charge in [0.1, 0.15) is 0 Å². The largest absolute Gasteiger partial charge is 0.493 e. The van der Waals surface area contributed by atoms with E-state index < -0.39 is 0 Å². The predicted octanol–water partition coefficient (Wildman–Crippen LogP) is 3.99. The third-order valence-corrected chi connectivity index (χ3v) is 3.72. The third kappa shape index (κ3) is 4.11. The van der Waals surface area contributed by atoms with E-state index in [1.54, 1.807) is 24.3 Å². The van der Waals surface area contributed by atoms with Gasteiger partial charge in [-0.2, -0.15) is 0 Å². The van der Waals surface area contributed by atoms with Crippen LogP contribution >= 0.6 is 11.6 Å². The molecule has 0 aliphatic rings. The molecule has 0 aliphatic carbocycles. The van der Waals surface area contributed by atoms with E-state index in [2.05, 4.69) is 5.32 Å². The average Bonchev–Trinajstić information content (AvgIpc) is 2.55. The molecule has 128 valence electrons. The van der Waals surface area contributed by atoms with Crippen LogP contribution in [0.3, 0.4) is 0 Å². The molecule has 0 unspecified atom stereocenters. The second-order valence-corrected chi connectivity index (χ2v) is 5.67. The maximum Gasteiger partial charge on any atom is 0.262 e. The molecule has 2 rings (SSSR count). The SMILES string of the molecule is COc1cccc(OC)c1OCC(=O)Nc1c(C)cc(C)cc1Cl. The van der Waals surface area contributed by atoms with Crippen LogP contribution < -0.4 is 19.5 Å². The Labute approximate surface area is 146 Å². The molecule has 0 saturated heterocycles. The Bertz CT molecular complexity index is 701. The van der Waals surface area contributed by atoms with Crippen LogP contribution in [0, 0.1) is 13.8 Å². The van der Waals surface area contributed by atoms with Gasteiger partial charge in [0.2, 0.25) is 5.75 Å². The van der Waals surface area contributed by atoms with E-state index in [0.29, 0.717) is 28.0 Å². The van der Waals surface area contributed by atoms with Gasteiger partial charge in [0.25, 0.3) is 5.91 Å². The maximum atomic E-state index is 12.2. The standard InChI is InChI=1S/C18H20ClNO4/c1-11-8-12(2)17(13(19)9-11)20-16(21)10-24-18-14(22-3)6-5-7-15(18)23-4/h5-9H,10H2,1-4H3,(H,20,21).